The van der Waals surface area contributed by atoms with E-state index in [4.69, 9.17) is 4.74 Å². The van der Waals surface area contributed by atoms with E-state index in [1.54, 1.807) is 30.6 Å². The van der Waals surface area contributed by atoms with Crippen LogP contribution in [0.25, 0.3) is 6.08 Å². The van der Waals surface area contributed by atoms with E-state index >= 15 is 0 Å². The molecule has 0 aliphatic rings. The summed E-state index contributed by atoms with van der Waals surface area (Å²) < 4.78 is 5.76. The molecule has 0 unspecified atom stereocenters. The van der Waals surface area contributed by atoms with Crippen molar-refractivity contribution in [3.05, 3.63) is 66.0 Å². The molecule has 3 heteroatoms. The number of hydrogen-bond acceptors (Lipinski definition) is 3. The maximum atomic E-state index is 12.0. The molecule has 0 bridgehead atoms. The smallest absolute Gasteiger partial charge is 0.185 e. The zero-order chi connectivity index (χ0) is 17.7. The third-order valence-electron chi connectivity index (χ3n) is 4.04. The molecule has 0 saturated heterocycles. The molecular formula is C22H27NO2. The molecule has 25 heavy (non-hydrogen) atoms. The summed E-state index contributed by atoms with van der Waals surface area (Å²) in [4.78, 5) is 15.9. The first-order valence-corrected chi connectivity index (χ1v) is 9.15. The van der Waals surface area contributed by atoms with E-state index in [0.717, 1.165) is 24.3 Å². The lowest BCUT2D eigenvalue weighted by Gasteiger charge is -2.06. The number of aromatic nitrogens is 1. The van der Waals surface area contributed by atoms with Gasteiger partial charge in [-0.05, 0) is 42.3 Å². The number of ketones is 1. The molecule has 3 nitrogen and oxygen atoms in total. The van der Waals surface area contributed by atoms with E-state index in [2.05, 4.69) is 11.9 Å². The highest BCUT2D eigenvalue weighted by Crippen LogP contribution is 2.14. The predicted octanol–water partition coefficient (Wildman–Crippen LogP) is 5.72. The van der Waals surface area contributed by atoms with Gasteiger partial charge in [0.15, 0.2) is 5.78 Å². The highest BCUT2D eigenvalue weighted by atomic mass is 16.5. The van der Waals surface area contributed by atoms with Gasteiger partial charge in [-0.3, -0.25) is 9.78 Å². The fraction of sp³-hybridized carbons (Fsp3) is 0.364. The van der Waals surface area contributed by atoms with Crippen molar-refractivity contribution in [2.75, 3.05) is 6.61 Å². The summed E-state index contributed by atoms with van der Waals surface area (Å²) in [5, 5.41) is 0. The van der Waals surface area contributed by atoms with E-state index in [1.807, 2.05) is 30.3 Å². The molecule has 0 amide bonds. The van der Waals surface area contributed by atoms with Crippen molar-refractivity contribution < 1.29 is 9.53 Å². The van der Waals surface area contributed by atoms with Gasteiger partial charge in [0.1, 0.15) is 5.75 Å². The fourth-order valence-corrected chi connectivity index (χ4v) is 2.53. The Kier molecular flexibility index (Phi) is 8.46. The van der Waals surface area contributed by atoms with Crippen molar-refractivity contribution in [2.24, 2.45) is 0 Å². The lowest BCUT2D eigenvalue weighted by atomic mass is 10.1. The monoisotopic (exact) mass is 337 g/mol. The second-order valence-electron chi connectivity index (χ2n) is 6.12. The van der Waals surface area contributed by atoms with Crippen molar-refractivity contribution in [3.8, 4) is 5.75 Å². The van der Waals surface area contributed by atoms with Crippen molar-refractivity contribution >= 4 is 11.9 Å². The minimum Gasteiger partial charge on any atom is -0.494 e. The van der Waals surface area contributed by atoms with E-state index in [0.29, 0.717) is 5.56 Å². The number of unbranched alkanes of at least 4 members (excludes halogenated alkanes) is 5. The summed E-state index contributed by atoms with van der Waals surface area (Å²) >= 11 is 0. The fourth-order valence-electron chi connectivity index (χ4n) is 2.53. The largest absolute Gasteiger partial charge is 0.494 e. The lowest BCUT2D eigenvalue weighted by Crippen LogP contribution is -1.97. The van der Waals surface area contributed by atoms with Crippen molar-refractivity contribution in [1.82, 2.24) is 4.98 Å². The van der Waals surface area contributed by atoms with Gasteiger partial charge in [-0.15, -0.1) is 0 Å². The first-order chi connectivity index (χ1) is 12.3. The molecule has 0 radical (unpaired) electrons. The molecule has 0 spiro atoms. The minimum atomic E-state index is -0.0224. The highest BCUT2D eigenvalue weighted by molar-refractivity contribution is 6.06. The Labute approximate surface area is 150 Å². The molecule has 0 aliphatic carbocycles. The van der Waals surface area contributed by atoms with Crippen molar-refractivity contribution in [2.45, 2.75) is 45.4 Å². The highest BCUT2D eigenvalue weighted by Gasteiger charge is 2.00. The number of benzene rings is 1. The van der Waals surface area contributed by atoms with Gasteiger partial charge in [0, 0.05) is 18.0 Å². The zero-order valence-electron chi connectivity index (χ0n) is 15.0. The Morgan fingerprint density at radius 3 is 2.36 bits per heavy atom. The standard InChI is InChI=1S/C22H27NO2/c1-2-3-4-5-6-7-18-25-21-11-8-19(9-12-21)10-13-22(24)20-14-16-23-17-15-20/h8-17H,2-7,18H2,1H3/b13-10+. The van der Waals surface area contributed by atoms with Crippen LogP contribution in [0.5, 0.6) is 5.75 Å². The Hall–Kier alpha value is -2.42. The third-order valence-corrected chi connectivity index (χ3v) is 4.04. The molecule has 0 saturated carbocycles. The molecular weight excluding hydrogens is 310 g/mol. The van der Waals surface area contributed by atoms with E-state index < -0.39 is 0 Å². The van der Waals surface area contributed by atoms with Crippen LogP contribution in [0.3, 0.4) is 0 Å². The second kappa shape index (κ2) is 11.2. The van der Waals surface area contributed by atoms with Crippen LogP contribution in [0.4, 0.5) is 0 Å². The van der Waals surface area contributed by atoms with Crippen molar-refractivity contribution in [1.29, 1.82) is 0 Å². The minimum absolute atomic E-state index is 0.0224. The Balaban J connectivity index is 1.72. The number of nitrogens with zero attached hydrogens (tertiary/aromatic N) is 1. The van der Waals surface area contributed by atoms with Crippen LogP contribution in [0.15, 0.2) is 54.9 Å². The van der Waals surface area contributed by atoms with Crippen LogP contribution >= 0.6 is 0 Å². The van der Waals surface area contributed by atoms with Crippen LogP contribution in [0.2, 0.25) is 0 Å². The Morgan fingerprint density at radius 2 is 1.64 bits per heavy atom. The SMILES string of the molecule is CCCCCCCCOc1ccc(/C=C/C(=O)c2ccncc2)cc1. The zero-order valence-corrected chi connectivity index (χ0v) is 15.0. The molecule has 1 aromatic heterocycles. The average molecular weight is 337 g/mol. The van der Waals surface area contributed by atoms with Crippen LogP contribution in [0.1, 0.15) is 61.4 Å². The number of ether oxygens (including phenoxy) is 1. The van der Waals surface area contributed by atoms with Gasteiger partial charge in [0.05, 0.1) is 6.61 Å². The summed E-state index contributed by atoms with van der Waals surface area (Å²) in [7, 11) is 0. The maximum Gasteiger partial charge on any atom is 0.185 e. The molecule has 1 heterocycles. The summed E-state index contributed by atoms with van der Waals surface area (Å²) in [6.45, 7) is 3.00. The van der Waals surface area contributed by atoms with Gasteiger partial charge in [-0.1, -0.05) is 57.2 Å². The number of rotatable bonds is 11. The lowest BCUT2D eigenvalue weighted by molar-refractivity contribution is 0.104. The molecule has 2 rings (SSSR count). The molecule has 0 aliphatic heterocycles. The Morgan fingerprint density at radius 1 is 0.960 bits per heavy atom. The summed E-state index contributed by atoms with van der Waals surface area (Å²) in [5.41, 5.74) is 1.62. The van der Waals surface area contributed by atoms with E-state index in [1.165, 1.54) is 32.1 Å². The topological polar surface area (TPSA) is 39.2 Å². The van der Waals surface area contributed by atoms with Crippen LogP contribution in [-0.4, -0.2) is 17.4 Å². The van der Waals surface area contributed by atoms with Gasteiger partial charge in [-0.25, -0.2) is 0 Å². The molecule has 2 aromatic rings. The molecule has 0 atom stereocenters. The second-order valence-corrected chi connectivity index (χ2v) is 6.12. The first-order valence-electron chi connectivity index (χ1n) is 9.15. The summed E-state index contributed by atoms with van der Waals surface area (Å²) in [6.07, 6.45) is 14.2. The van der Waals surface area contributed by atoms with Crippen molar-refractivity contribution in [3.63, 3.8) is 0 Å². The average Bonchev–Trinajstić information content (AvgIpc) is 2.67. The molecule has 132 valence electrons. The van der Waals surface area contributed by atoms with E-state index in [-0.39, 0.29) is 5.78 Å². The number of carbonyl (C=O) groups is 1. The van der Waals surface area contributed by atoms with E-state index in [9.17, 15) is 4.79 Å². The number of pyridine rings is 1. The first kappa shape index (κ1) is 18.9. The van der Waals surface area contributed by atoms with Gasteiger partial charge in [-0.2, -0.15) is 0 Å². The van der Waals surface area contributed by atoms with Gasteiger partial charge in [0.2, 0.25) is 0 Å². The molecule has 0 N–H and O–H groups in total. The molecule has 1 aromatic carbocycles. The normalized spacial score (nSPS) is 10.9. The quantitative estimate of drug-likeness (QED) is 0.299. The summed E-state index contributed by atoms with van der Waals surface area (Å²) in [5.74, 6) is 0.858. The third kappa shape index (κ3) is 7.34. The van der Waals surface area contributed by atoms with Crippen LogP contribution < -0.4 is 4.74 Å². The number of carbonyl (C=O) groups excluding carboxylic acids is 1. The maximum absolute atomic E-state index is 12.0. The molecule has 0 fully saturated rings. The van der Waals surface area contributed by atoms with Gasteiger partial charge < -0.3 is 4.74 Å². The predicted molar refractivity (Wildman–Crippen MR) is 103 cm³/mol. The van der Waals surface area contributed by atoms with Crippen LogP contribution in [0, 0.1) is 0 Å². The number of hydrogen-bond donors (Lipinski definition) is 0. The van der Waals surface area contributed by atoms with Gasteiger partial charge >= 0.3 is 0 Å². The van der Waals surface area contributed by atoms with Crippen LogP contribution in [-0.2, 0) is 0 Å². The summed E-state index contributed by atoms with van der Waals surface area (Å²) in [6, 6.07) is 11.3. The number of allylic oxidation sites excluding steroid dienone is 1. The Bertz CT molecular complexity index is 647. The van der Waals surface area contributed by atoms with Gasteiger partial charge in [0.25, 0.3) is 0 Å².